The highest BCUT2D eigenvalue weighted by Crippen LogP contribution is 2.17. The van der Waals surface area contributed by atoms with Crippen molar-refractivity contribution in [3.8, 4) is 11.8 Å². The number of benzene rings is 2. The summed E-state index contributed by atoms with van der Waals surface area (Å²) < 4.78 is 5.12. The monoisotopic (exact) mass is 365 g/mol. The molecule has 0 fully saturated rings. The van der Waals surface area contributed by atoms with Crippen LogP contribution >= 0.6 is 0 Å². The van der Waals surface area contributed by atoms with Crippen molar-refractivity contribution in [2.24, 2.45) is 0 Å². The number of aliphatic hydroxyl groups excluding tert-OH is 1. The Morgan fingerprint density at radius 3 is 2.37 bits per heavy atom. The third-order valence-electron chi connectivity index (χ3n) is 4.09. The van der Waals surface area contributed by atoms with Gasteiger partial charge in [0.25, 0.3) is 5.91 Å². The maximum Gasteiger partial charge on any atom is 0.263 e. The summed E-state index contributed by atoms with van der Waals surface area (Å²) in [6, 6.07) is 16.5. The molecule has 0 saturated heterocycles. The highest BCUT2D eigenvalue weighted by molar-refractivity contribution is 5.97. The second-order valence-corrected chi connectivity index (χ2v) is 5.99. The summed E-state index contributed by atoms with van der Waals surface area (Å²) in [6.45, 7) is 2.32. The zero-order valence-corrected chi connectivity index (χ0v) is 15.4. The molecule has 2 rings (SSSR count). The van der Waals surface area contributed by atoms with Gasteiger partial charge >= 0.3 is 0 Å². The zero-order chi connectivity index (χ0) is 19.6. The molecule has 0 bridgehead atoms. The van der Waals surface area contributed by atoms with Gasteiger partial charge in [-0.1, -0.05) is 36.4 Å². The predicted octanol–water partition coefficient (Wildman–Crippen LogP) is 2.56. The van der Waals surface area contributed by atoms with E-state index in [4.69, 9.17) is 9.84 Å². The Morgan fingerprint density at radius 2 is 1.81 bits per heavy atom. The van der Waals surface area contributed by atoms with Gasteiger partial charge in [-0.3, -0.25) is 4.79 Å². The Morgan fingerprint density at radius 1 is 1.19 bits per heavy atom. The Balaban J connectivity index is 1.93. The van der Waals surface area contributed by atoms with Gasteiger partial charge in [-0.25, -0.2) is 0 Å². The molecule has 0 aromatic heterocycles. The van der Waals surface area contributed by atoms with Crippen LogP contribution in [0.25, 0.3) is 0 Å². The number of hydrogen-bond donors (Lipinski definition) is 3. The van der Waals surface area contributed by atoms with Gasteiger partial charge in [0.2, 0.25) is 0 Å². The predicted molar refractivity (Wildman–Crippen MR) is 102 cm³/mol. The van der Waals surface area contributed by atoms with Crippen molar-refractivity contribution >= 4 is 5.91 Å². The fraction of sp³-hybridized carbons (Fsp3) is 0.238. The van der Waals surface area contributed by atoms with Crippen LogP contribution in [0.2, 0.25) is 0 Å². The molecule has 0 aliphatic carbocycles. The molecule has 1 atom stereocenters. The number of rotatable bonds is 8. The van der Waals surface area contributed by atoms with Gasteiger partial charge in [-0.2, -0.15) is 5.26 Å². The third kappa shape index (κ3) is 5.87. The Labute approximate surface area is 159 Å². The maximum atomic E-state index is 12.3. The normalized spacial score (nSPS) is 12.0. The topological polar surface area (TPSA) is 94.4 Å². The van der Waals surface area contributed by atoms with Crippen LogP contribution in [0.1, 0.15) is 29.7 Å². The molecule has 1 unspecified atom stereocenters. The summed E-state index contributed by atoms with van der Waals surface area (Å²) in [7, 11) is 1.60. The smallest absolute Gasteiger partial charge is 0.263 e. The van der Waals surface area contributed by atoms with E-state index in [1.165, 1.54) is 6.20 Å². The molecule has 1 amide bonds. The van der Waals surface area contributed by atoms with E-state index >= 15 is 0 Å². The van der Waals surface area contributed by atoms with E-state index < -0.39 is 5.91 Å². The molecule has 0 radical (unpaired) electrons. The first-order valence-electron chi connectivity index (χ1n) is 8.54. The average molecular weight is 365 g/mol. The van der Waals surface area contributed by atoms with Gasteiger partial charge in [0.15, 0.2) is 0 Å². The molecule has 0 aliphatic heterocycles. The van der Waals surface area contributed by atoms with Crippen molar-refractivity contribution in [2.75, 3.05) is 7.11 Å². The number of hydrogen-bond acceptors (Lipinski definition) is 5. The number of ether oxygens (including phenoxy) is 1. The molecule has 6 heteroatoms. The fourth-order valence-corrected chi connectivity index (χ4v) is 2.43. The van der Waals surface area contributed by atoms with Crippen LogP contribution in [0, 0.1) is 11.3 Å². The molecule has 0 spiro atoms. The number of carbonyl (C=O) groups is 1. The molecular weight excluding hydrogens is 342 g/mol. The lowest BCUT2D eigenvalue weighted by atomic mass is 10.1. The average Bonchev–Trinajstić information content (AvgIpc) is 2.71. The molecule has 27 heavy (non-hydrogen) atoms. The minimum atomic E-state index is -0.441. The lowest BCUT2D eigenvalue weighted by Gasteiger charge is -2.14. The molecule has 3 N–H and O–H groups in total. The Bertz CT molecular complexity index is 821. The number of nitriles is 1. The number of carbonyl (C=O) groups excluding carboxylic acids is 1. The first-order chi connectivity index (χ1) is 13.1. The van der Waals surface area contributed by atoms with E-state index in [0.717, 1.165) is 22.4 Å². The molecule has 0 heterocycles. The van der Waals surface area contributed by atoms with Crippen molar-refractivity contribution in [3.63, 3.8) is 0 Å². The number of nitrogens with zero attached hydrogens (tertiary/aromatic N) is 1. The van der Waals surface area contributed by atoms with E-state index in [1.54, 1.807) is 7.11 Å². The van der Waals surface area contributed by atoms with Crippen molar-refractivity contribution < 1.29 is 14.6 Å². The summed E-state index contributed by atoms with van der Waals surface area (Å²) in [5.74, 6) is 0.301. The van der Waals surface area contributed by atoms with Crippen molar-refractivity contribution in [3.05, 3.63) is 77.0 Å². The Kier molecular flexibility index (Phi) is 7.41. The summed E-state index contributed by atoms with van der Waals surface area (Å²) in [4.78, 5) is 12.3. The first-order valence-corrected chi connectivity index (χ1v) is 8.54. The van der Waals surface area contributed by atoms with E-state index in [9.17, 15) is 10.1 Å². The first kappa shape index (κ1) is 20.0. The highest BCUT2D eigenvalue weighted by Gasteiger charge is 2.13. The van der Waals surface area contributed by atoms with E-state index in [0.29, 0.717) is 6.54 Å². The van der Waals surface area contributed by atoms with Gasteiger partial charge in [0, 0.05) is 12.7 Å². The van der Waals surface area contributed by atoms with Crippen LogP contribution in [0.3, 0.4) is 0 Å². The number of methoxy groups -OCH3 is 1. The van der Waals surface area contributed by atoms with E-state index in [-0.39, 0.29) is 18.2 Å². The summed E-state index contributed by atoms with van der Waals surface area (Å²) in [5, 5.41) is 24.1. The van der Waals surface area contributed by atoms with Crippen LogP contribution in [0.5, 0.6) is 5.75 Å². The number of aliphatic hydroxyl groups is 1. The van der Waals surface area contributed by atoms with Crippen LogP contribution in [0.15, 0.2) is 60.3 Å². The van der Waals surface area contributed by atoms with Crippen LogP contribution in [-0.4, -0.2) is 18.1 Å². The van der Waals surface area contributed by atoms with Crippen LogP contribution in [-0.2, 0) is 17.9 Å². The summed E-state index contributed by atoms with van der Waals surface area (Å²) >= 11 is 0. The highest BCUT2D eigenvalue weighted by atomic mass is 16.5. The zero-order valence-electron chi connectivity index (χ0n) is 15.4. The SMILES string of the molecule is COc1ccc(C(C)NC(=O)/C(C#N)=C\NCc2ccc(CO)cc2)cc1. The standard InChI is InChI=1S/C21H23N3O3/c1-15(18-7-9-20(27-2)10-8-18)24-21(26)19(11-22)13-23-12-16-3-5-17(14-25)6-4-16/h3-10,13,15,23,25H,12,14H2,1-2H3,(H,24,26)/b19-13-. The molecule has 140 valence electrons. The van der Waals surface area contributed by atoms with Crippen LogP contribution in [0.4, 0.5) is 0 Å². The van der Waals surface area contributed by atoms with Crippen molar-refractivity contribution in [2.45, 2.75) is 26.1 Å². The van der Waals surface area contributed by atoms with Gasteiger partial charge in [0.05, 0.1) is 19.8 Å². The molecule has 6 nitrogen and oxygen atoms in total. The minimum Gasteiger partial charge on any atom is -0.497 e. The Hall–Kier alpha value is -3.30. The van der Waals surface area contributed by atoms with E-state index in [1.807, 2.05) is 61.5 Å². The number of nitrogens with one attached hydrogen (secondary N) is 2. The largest absolute Gasteiger partial charge is 0.497 e. The molecule has 0 saturated carbocycles. The molecular formula is C21H23N3O3. The quantitative estimate of drug-likeness (QED) is 0.494. The van der Waals surface area contributed by atoms with Gasteiger partial charge < -0.3 is 20.5 Å². The second kappa shape index (κ2) is 10.00. The van der Waals surface area contributed by atoms with Gasteiger partial charge in [-0.15, -0.1) is 0 Å². The lowest BCUT2D eigenvalue weighted by Crippen LogP contribution is -2.28. The fourth-order valence-electron chi connectivity index (χ4n) is 2.43. The summed E-state index contributed by atoms with van der Waals surface area (Å²) in [5.41, 5.74) is 2.73. The summed E-state index contributed by atoms with van der Waals surface area (Å²) in [6.07, 6.45) is 1.41. The van der Waals surface area contributed by atoms with Gasteiger partial charge in [0.1, 0.15) is 17.4 Å². The second-order valence-electron chi connectivity index (χ2n) is 5.99. The van der Waals surface area contributed by atoms with Crippen molar-refractivity contribution in [1.82, 2.24) is 10.6 Å². The molecule has 0 aliphatic rings. The lowest BCUT2D eigenvalue weighted by molar-refractivity contribution is -0.117. The third-order valence-corrected chi connectivity index (χ3v) is 4.09. The van der Waals surface area contributed by atoms with Crippen LogP contribution < -0.4 is 15.4 Å². The maximum absolute atomic E-state index is 12.3. The van der Waals surface area contributed by atoms with Crippen molar-refractivity contribution in [1.29, 1.82) is 5.26 Å². The molecule has 2 aromatic rings. The number of amides is 1. The van der Waals surface area contributed by atoms with Gasteiger partial charge in [-0.05, 0) is 35.7 Å². The molecule has 2 aromatic carbocycles. The minimum absolute atomic E-state index is 0.00125. The van der Waals surface area contributed by atoms with E-state index in [2.05, 4.69) is 10.6 Å².